The summed E-state index contributed by atoms with van der Waals surface area (Å²) in [6.07, 6.45) is -1.38. The summed E-state index contributed by atoms with van der Waals surface area (Å²) in [5.74, 6) is 0.279. The molecule has 1 aromatic rings. The van der Waals surface area contributed by atoms with Crippen molar-refractivity contribution in [3.8, 4) is 0 Å². The van der Waals surface area contributed by atoms with Gasteiger partial charge in [-0.15, -0.1) is 0 Å². The van der Waals surface area contributed by atoms with Gasteiger partial charge in [0.2, 0.25) is 0 Å². The number of alkyl halides is 3. The molecular weight excluding hydrogens is 283 g/mol. The molecule has 0 radical (unpaired) electrons. The van der Waals surface area contributed by atoms with Gasteiger partial charge in [0.15, 0.2) is 0 Å². The van der Waals surface area contributed by atoms with E-state index in [0.29, 0.717) is 18.7 Å². The first-order valence-electron chi connectivity index (χ1n) is 7.01. The Morgan fingerprint density at radius 3 is 2.71 bits per heavy atom. The maximum atomic E-state index is 12.8. The van der Waals surface area contributed by atoms with Crippen molar-refractivity contribution in [3.63, 3.8) is 0 Å². The lowest BCUT2D eigenvalue weighted by Crippen LogP contribution is -2.34. The van der Waals surface area contributed by atoms with Gasteiger partial charge < -0.3 is 15.4 Å². The third-order valence-electron chi connectivity index (χ3n) is 3.58. The molecule has 1 aliphatic heterocycles. The Balaban J connectivity index is 2.19. The van der Waals surface area contributed by atoms with Gasteiger partial charge in [0.05, 0.1) is 6.10 Å². The summed E-state index contributed by atoms with van der Waals surface area (Å²) in [5.41, 5.74) is 5.30. The summed E-state index contributed by atoms with van der Waals surface area (Å²) >= 11 is 0. The van der Waals surface area contributed by atoms with Crippen molar-refractivity contribution in [2.75, 3.05) is 25.1 Å². The SMILES string of the molecule is CN(CC1CCCCO1)c1nc(C(F)(F)F)ccc1CN. The summed E-state index contributed by atoms with van der Waals surface area (Å²) < 4.78 is 44.0. The van der Waals surface area contributed by atoms with Crippen LogP contribution >= 0.6 is 0 Å². The van der Waals surface area contributed by atoms with Gasteiger partial charge in [-0.3, -0.25) is 0 Å². The van der Waals surface area contributed by atoms with Gasteiger partial charge in [-0.1, -0.05) is 6.07 Å². The highest BCUT2D eigenvalue weighted by Crippen LogP contribution is 2.30. The number of ether oxygens (including phenoxy) is 1. The van der Waals surface area contributed by atoms with Gasteiger partial charge in [-0.2, -0.15) is 13.2 Å². The van der Waals surface area contributed by atoms with Crippen LogP contribution in [0, 0.1) is 0 Å². The normalized spacial score (nSPS) is 19.6. The fraction of sp³-hybridized carbons (Fsp3) is 0.643. The highest BCUT2D eigenvalue weighted by Gasteiger charge is 2.33. The average molecular weight is 303 g/mol. The summed E-state index contributed by atoms with van der Waals surface area (Å²) in [7, 11) is 1.72. The first-order valence-corrected chi connectivity index (χ1v) is 7.01. The van der Waals surface area contributed by atoms with Gasteiger partial charge in [0, 0.05) is 32.3 Å². The zero-order chi connectivity index (χ0) is 15.5. The minimum Gasteiger partial charge on any atom is -0.376 e. The second-order valence-electron chi connectivity index (χ2n) is 5.25. The van der Waals surface area contributed by atoms with E-state index in [0.717, 1.165) is 25.3 Å². The monoisotopic (exact) mass is 303 g/mol. The first-order chi connectivity index (χ1) is 9.91. The quantitative estimate of drug-likeness (QED) is 0.929. The van der Waals surface area contributed by atoms with Gasteiger partial charge in [0.25, 0.3) is 0 Å². The van der Waals surface area contributed by atoms with Crippen LogP contribution in [-0.2, 0) is 17.5 Å². The van der Waals surface area contributed by atoms with Crippen LogP contribution in [0.1, 0.15) is 30.5 Å². The minimum absolute atomic E-state index is 0.0331. The molecule has 1 aliphatic rings. The standard InChI is InChI=1S/C14H20F3N3O/c1-20(9-11-4-2-3-7-21-11)13-10(8-18)5-6-12(19-13)14(15,16)17/h5-6,11H,2-4,7-9,18H2,1H3. The van der Waals surface area contributed by atoms with Gasteiger partial charge in [0.1, 0.15) is 11.5 Å². The molecule has 0 aromatic carbocycles. The molecule has 0 bridgehead atoms. The number of anilines is 1. The Morgan fingerprint density at radius 2 is 2.14 bits per heavy atom. The number of halogens is 3. The lowest BCUT2D eigenvalue weighted by molar-refractivity contribution is -0.141. The van der Waals surface area contributed by atoms with E-state index in [-0.39, 0.29) is 18.5 Å². The van der Waals surface area contributed by atoms with E-state index >= 15 is 0 Å². The van der Waals surface area contributed by atoms with Crippen LogP contribution in [0.25, 0.3) is 0 Å². The summed E-state index contributed by atoms with van der Waals surface area (Å²) in [4.78, 5) is 5.45. The van der Waals surface area contributed by atoms with E-state index < -0.39 is 11.9 Å². The molecule has 118 valence electrons. The molecule has 1 atom stereocenters. The summed E-state index contributed by atoms with van der Waals surface area (Å²) in [6, 6.07) is 2.36. The van der Waals surface area contributed by atoms with E-state index in [4.69, 9.17) is 10.5 Å². The molecule has 1 saturated heterocycles. The second kappa shape index (κ2) is 6.62. The maximum Gasteiger partial charge on any atom is 0.433 e. The van der Waals surface area contributed by atoms with Gasteiger partial charge in [-0.25, -0.2) is 4.98 Å². The molecule has 0 spiro atoms. The lowest BCUT2D eigenvalue weighted by atomic mass is 10.1. The number of likely N-dealkylation sites (N-methyl/N-ethyl adjacent to an activating group) is 1. The Bertz CT molecular complexity index is 473. The Kier molecular flexibility index (Phi) is 5.05. The number of nitrogens with zero attached hydrogens (tertiary/aromatic N) is 2. The third-order valence-corrected chi connectivity index (χ3v) is 3.58. The topological polar surface area (TPSA) is 51.4 Å². The fourth-order valence-electron chi connectivity index (χ4n) is 2.47. The summed E-state index contributed by atoms with van der Waals surface area (Å²) in [5, 5.41) is 0. The van der Waals surface area contributed by atoms with Crippen molar-refractivity contribution in [2.24, 2.45) is 5.73 Å². The van der Waals surface area contributed by atoms with Crippen molar-refractivity contribution in [1.82, 2.24) is 4.98 Å². The number of aromatic nitrogens is 1. The van der Waals surface area contributed by atoms with E-state index in [9.17, 15) is 13.2 Å². The Labute approximate surface area is 122 Å². The maximum absolute atomic E-state index is 12.8. The molecule has 1 aromatic heterocycles. The Morgan fingerprint density at radius 1 is 1.38 bits per heavy atom. The van der Waals surface area contributed by atoms with Crippen molar-refractivity contribution in [1.29, 1.82) is 0 Å². The first kappa shape index (κ1) is 16.0. The second-order valence-corrected chi connectivity index (χ2v) is 5.25. The molecule has 21 heavy (non-hydrogen) atoms. The molecule has 2 rings (SSSR count). The van der Waals surface area contributed by atoms with Crippen molar-refractivity contribution in [2.45, 2.75) is 38.1 Å². The van der Waals surface area contributed by atoms with E-state index in [1.165, 1.54) is 6.07 Å². The van der Waals surface area contributed by atoms with Crippen LogP contribution in [0.3, 0.4) is 0 Å². The smallest absolute Gasteiger partial charge is 0.376 e. The number of hydrogen-bond donors (Lipinski definition) is 1. The summed E-state index contributed by atoms with van der Waals surface area (Å²) in [6.45, 7) is 1.37. The molecule has 1 fully saturated rings. The lowest BCUT2D eigenvalue weighted by Gasteiger charge is -2.29. The van der Waals surface area contributed by atoms with E-state index in [2.05, 4.69) is 4.98 Å². The van der Waals surface area contributed by atoms with Crippen LogP contribution < -0.4 is 10.6 Å². The van der Waals surface area contributed by atoms with Crippen molar-refractivity contribution < 1.29 is 17.9 Å². The third kappa shape index (κ3) is 4.07. The molecule has 2 N–H and O–H groups in total. The van der Waals surface area contributed by atoms with Crippen molar-refractivity contribution in [3.05, 3.63) is 23.4 Å². The zero-order valence-electron chi connectivity index (χ0n) is 12.0. The molecule has 2 heterocycles. The number of rotatable bonds is 4. The highest BCUT2D eigenvalue weighted by atomic mass is 19.4. The molecule has 7 heteroatoms. The fourth-order valence-corrected chi connectivity index (χ4v) is 2.47. The predicted octanol–water partition coefficient (Wildman–Crippen LogP) is 2.56. The zero-order valence-corrected chi connectivity index (χ0v) is 12.0. The van der Waals surface area contributed by atoms with E-state index in [1.54, 1.807) is 11.9 Å². The van der Waals surface area contributed by atoms with Crippen LogP contribution in [0.4, 0.5) is 19.0 Å². The van der Waals surface area contributed by atoms with Crippen molar-refractivity contribution >= 4 is 5.82 Å². The average Bonchev–Trinajstić information content (AvgIpc) is 2.46. The Hall–Kier alpha value is -1.34. The highest BCUT2D eigenvalue weighted by molar-refractivity contribution is 5.47. The molecular formula is C14H20F3N3O. The molecule has 0 aliphatic carbocycles. The van der Waals surface area contributed by atoms with E-state index in [1.807, 2.05) is 0 Å². The van der Waals surface area contributed by atoms with Crippen LogP contribution in [-0.4, -0.2) is 31.3 Å². The molecule has 1 unspecified atom stereocenters. The number of hydrogen-bond acceptors (Lipinski definition) is 4. The molecule has 0 amide bonds. The largest absolute Gasteiger partial charge is 0.433 e. The molecule has 0 saturated carbocycles. The number of pyridine rings is 1. The van der Waals surface area contributed by atoms with Gasteiger partial charge >= 0.3 is 6.18 Å². The molecule has 4 nitrogen and oxygen atoms in total. The van der Waals surface area contributed by atoms with Crippen LogP contribution in [0.2, 0.25) is 0 Å². The van der Waals surface area contributed by atoms with Gasteiger partial charge in [-0.05, 0) is 25.3 Å². The number of nitrogens with two attached hydrogens (primary N) is 1. The van der Waals surface area contributed by atoms with Crippen LogP contribution in [0.15, 0.2) is 12.1 Å². The van der Waals surface area contributed by atoms with Crippen LogP contribution in [0.5, 0.6) is 0 Å². The minimum atomic E-state index is -4.45. The predicted molar refractivity (Wildman–Crippen MR) is 74.0 cm³/mol.